The minimum absolute atomic E-state index is 0.0524. The van der Waals surface area contributed by atoms with Crippen molar-refractivity contribution >= 4 is 11.8 Å². The molecule has 1 saturated carbocycles. The Hall–Kier alpha value is -1.14. The average molecular weight is 229 g/mol. The van der Waals surface area contributed by atoms with Crippen LogP contribution in [0.25, 0.3) is 0 Å². The average Bonchev–Trinajstić information content (AvgIpc) is 2.94. The lowest BCUT2D eigenvalue weighted by molar-refractivity contribution is -0.126. The highest BCUT2D eigenvalue weighted by molar-refractivity contribution is 5.87. The molecule has 92 valence electrons. The predicted octanol–water partition coefficient (Wildman–Crippen LogP) is -1.53. The summed E-state index contributed by atoms with van der Waals surface area (Å²) in [7, 11) is 0. The molecule has 1 atom stereocenters. The second-order valence-corrected chi connectivity index (χ2v) is 4.47. The zero-order chi connectivity index (χ0) is 12.2. The number of hydrogen-bond acceptors (Lipinski definition) is 4. The first-order chi connectivity index (χ1) is 7.49. The molecule has 0 saturated heterocycles. The fourth-order valence-corrected chi connectivity index (χ4v) is 1.64. The van der Waals surface area contributed by atoms with Crippen molar-refractivity contribution in [2.24, 2.45) is 16.9 Å². The fourth-order valence-electron chi connectivity index (χ4n) is 1.64. The molecule has 1 rings (SSSR count). The van der Waals surface area contributed by atoms with Crippen LogP contribution in [0.5, 0.6) is 0 Å². The van der Waals surface area contributed by atoms with Crippen LogP contribution in [0.4, 0.5) is 0 Å². The molecule has 0 spiro atoms. The van der Waals surface area contributed by atoms with E-state index in [4.69, 9.17) is 16.6 Å². The van der Waals surface area contributed by atoms with Crippen molar-refractivity contribution in [2.75, 3.05) is 13.2 Å². The van der Waals surface area contributed by atoms with Gasteiger partial charge in [-0.2, -0.15) is 0 Å². The van der Waals surface area contributed by atoms with E-state index < -0.39 is 11.9 Å². The molecule has 0 bridgehead atoms. The van der Waals surface area contributed by atoms with Gasteiger partial charge in [-0.15, -0.1) is 0 Å². The summed E-state index contributed by atoms with van der Waals surface area (Å²) >= 11 is 0. The van der Waals surface area contributed by atoms with E-state index in [1.54, 1.807) is 0 Å². The van der Waals surface area contributed by atoms with Gasteiger partial charge >= 0.3 is 0 Å². The summed E-state index contributed by atoms with van der Waals surface area (Å²) < 4.78 is 0. The highest BCUT2D eigenvalue weighted by Gasteiger charge is 2.42. The van der Waals surface area contributed by atoms with E-state index in [-0.39, 0.29) is 24.3 Å². The smallest absolute Gasteiger partial charge is 0.237 e. The number of aliphatic hydroxyl groups excluding tert-OH is 1. The Labute approximate surface area is 94.4 Å². The second-order valence-electron chi connectivity index (χ2n) is 4.47. The molecule has 6 nitrogen and oxygen atoms in total. The van der Waals surface area contributed by atoms with Crippen LogP contribution in [-0.4, -0.2) is 36.1 Å². The number of carbonyl (C=O) groups excluding carboxylic acids is 2. The Kier molecular flexibility index (Phi) is 4.26. The van der Waals surface area contributed by atoms with E-state index in [0.717, 1.165) is 12.8 Å². The molecular weight excluding hydrogens is 210 g/mol. The van der Waals surface area contributed by atoms with E-state index in [1.807, 2.05) is 0 Å². The summed E-state index contributed by atoms with van der Waals surface area (Å²) in [5.74, 6) is -0.942. The van der Waals surface area contributed by atoms with Gasteiger partial charge < -0.3 is 21.9 Å². The quantitative estimate of drug-likeness (QED) is 0.423. The summed E-state index contributed by atoms with van der Waals surface area (Å²) in [5, 5.41) is 11.5. The molecule has 16 heavy (non-hydrogen) atoms. The standard InChI is InChI=1S/C10H19N3O3/c11-7(5-8(12)15)9(16)13-6-10(1-2-10)3-4-14/h7,14H,1-6,11H2,(H2,12,15)(H,13,16). The zero-order valence-electron chi connectivity index (χ0n) is 9.24. The molecular formula is C10H19N3O3. The minimum Gasteiger partial charge on any atom is -0.396 e. The SMILES string of the molecule is NC(=O)CC(N)C(=O)NCC1(CCO)CC1. The second kappa shape index (κ2) is 5.27. The number of aliphatic hydroxyl groups is 1. The molecule has 2 amide bonds. The number of primary amides is 1. The first-order valence-corrected chi connectivity index (χ1v) is 5.41. The lowest BCUT2D eigenvalue weighted by atomic mass is 10.0. The lowest BCUT2D eigenvalue weighted by Gasteiger charge is -2.16. The molecule has 1 aliphatic rings. The maximum absolute atomic E-state index is 11.5. The molecule has 0 aromatic heterocycles. The van der Waals surface area contributed by atoms with Crippen molar-refractivity contribution in [2.45, 2.75) is 31.7 Å². The molecule has 0 aromatic rings. The Balaban J connectivity index is 2.27. The van der Waals surface area contributed by atoms with Crippen molar-refractivity contribution in [3.8, 4) is 0 Å². The molecule has 6 heteroatoms. The molecule has 0 aliphatic heterocycles. The molecule has 6 N–H and O–H groups in total. The topological polar surface area (TPSA) is 118 Å². The van der Waals surface area contributed by atoms with Crippen LogP contribution in [-0.2, 0) is 9.59 Å². The molecule has 0 aromatic carbocycles. The Morgan fingerprint density at radius 2 is 2.06 bits per heavy atom. The summed E-state index contributed by atoms with van der Waals surface area (Å²) in [6.07, 6.45) is 2.58. The Bertz CT molecular complexity index is 276. The third kappa shape index (κ3) is 3.79. The number of hydrogen-bond donors (Lipinski definition) is 4. The van der Waals surface area contributed by atoms with Crippen LogP contribution < -0.4 is 16.8 Å². The zero-order valence-corrected chi connectivity index (χ0v) is 9.24. The van der Waals surface area contributed by atoms with Crippen LogP contribution >= 0.6 is 0 Å². The van der Waals surface area contributed by atoms with Gasteiger partial charge in [0.05, 0.1) is 12.5 Å². The number of nitrogens with one attached hydrogen (secondary N) is 1. The van der Waals surface area contributed by atoms with Crippen molar-refractivity contribution < 1.29 is 14.7 Å². The molecule has 0 radical (unpaired) electrons. The third-order valence-corrected chi connectivity index (χ3v) is 2.99. The van der Waals surface area contributed by atoms with E-state index >= 15 is 0 Å². The van der Waals surface area contributed by atoms with E-state index in [1.165, 1.54) is 0 Å². The van der Waals surface area contributed by atoms with Crippen molar-refractivity contribution in [3.05, 3.63) is 0 Å². The van der Waals surface area contributed by atoms with Crippen molar-refractivity contribution in [3.63, 3.8) is 0 Å². The Morgan fingerprint density at radius 3 is 2.50 bits per heavy atom. The van der Waals surface area contributed by atoms with Gasteiger partial charge in [0.2, 0.25) is 11.8 Å². The molecule has 0 heterocycles. The molecule has 1 fully saturated rings. The first kappa shape index (κ1) is 12.9. The van der Waals surface area contributed by atoms with Crippen LogP contribution in [0.1, 0.15) is 25.7 Å². The maximum Gasteiger partial charge on any atom is 0.237 e. The summed E-state index contributed by atoms with van der Waals surface area (Å²) in [4.78, 5) is 22.0. The molecule has 1 unspecified atom stereocenters. The normalized spacial score (nSPS) is 18.9. The summed E-state index contributed by atoms with van der Waals surface area (Å²) in [5.41, 5.74) is 10.5. The Morgan fingerprint density at radius 1 is 1.44 bits per heavy atom. The summed E-state index contributed by atoms with van der Waals surface area (Å²) in [6, 6.07) is -0.873. The minimum atomic E-state index is -0.873. The largest absolute Gasteiger partial charge is 0.396 e. The van der Waals surface area contributed by atoms with Gasteiger partial charge in [0, 0.05) is 13.2 Å². The number of rotatable bonds is 7. The number of nitrogens with two attached hydrogens (primary N) is 2. The van der Waals surface area contributed by atoms with Crippen molar-refractivity contribution in [1.29, 1.82) is 0 Å². The predicted molar refractivity (Wildman–Crippen MR) is 58.2 cm³/mol. The number of carbonyl (C=O) groups is 2. The van der Waals surface area contributed by atoms with Gasteiger partial charge in [-0.25, -0.2) is 0 Å². The van der Waals surface area contributed by atoms with Gasteiger partial charge in [-0.1, -0.05) is 0 Å². The van der Waals surface area contributed by atoms with Crippen LogP contribution in [0.3, 0.4) is 0 Å². The van der Waals surface area contributed by atoms with Gasteiger partial charge in [0.15, 0.2) is 0 Å². The van der Waals surface area contributed by atoms with Crippen LogP contribution in [0.2, 0.25) is 0 Å². The van der Waals surface area contributed by atoms with Gasteiger partial charge in [-0.3, -0.25) is 9.59 Å². The van der Waals surface area contributed by atoms with E-state index in [2.05, 4.69) is 5.32 Å². The molecule has 1 aliphatic carbocycles. The van der Waals surface area contributed by atoms with Crippen molar-refractivity contribution in [1.82, 2.24) is 5.32 Å². The highest BCUT2D eigenvalue weighted by atomic mass is 16.3. The lowest BCUT2D eigenvalue weighted by Crippen LogP contribution is -2.44. The van der Waals surface area contributed by atoms with Crippen LogP contribution in [0, 0.1) is 5.41 Å². The highest BCUT2D eigenvalue weighted by Crippen LogP contribution is 2.47. The van der Waals surface area contributed by atoms with Gasteiger partial charge in [0.25, 0.3) is 0 Å². The maximum atomic E-state index is 11.5. The number of amides is 2. The first-order valence-electron chi connectivity index (χ1n) is 5.41. The fraction of sp³-hybridized carbons (Fsp3) is 0.800. The van der Waals surface area contributed by atoms with Crippen LogP contribution in [0.15, 0.2) is 0 Å². The summed E-state index contributed by atoms with van der Waals surface area (Å²) in [6.45, 7) is 0.641. The van der Waals surface area contributed by atoms with E-state index in [0.29, 0.717) is 13.0 Å². The van der Waals surface area contributed by atoms with Gasteiger partial charge in [0.1, 0.15) is 0 Å². The van der Waals surface area contributed by atoms with E-state index in [9.17, 15) is 9.59 Å². The monoisotopic (exact) mass is 229 g/mol. The van der Waals surface area contributed by atoms with Gasteiger partial charge in [-0.05, 0) is 24.7 Å². The third-order valence-electron chi connectivity index (χ3n) is 2.99.